The maximum absolute atomic E-state index is 12.2. The van der Waals surface area contributed by atoms with Gasteiger partial charge in [0.15, 0.2) is 0 Å². The van der Waals surface area contributed by atoms with Gasteiger partial charge in [-0.15, -0.1) is 0 Å². The lowest BCUT2D eigenvalue weighted by Crippen LogP contribution is -2.46. The van der Waals surface area contributed by atoms with Crippen LogP contribution in [0, 0.1) is 5.92 Å². The highest BCUT2D eigenvalue weighted by atomic mass is 32.2. The smallest absolute Gasteiger partial charge is 0.306 e. The first-order valence-corrected chi connectivity index (χ1v) is 7.88. The third-order valence-electron chi connectivity index (χ3n) is 3.24. The first-order valence-electron chi connectivity index (χ1n) is 6.40. The van der Waals surface area contributed by atoms with Crippen molar-refractivity contribution in [1.29, 1.82) is 0 Å². The second-order valence-corrected chi connectivity index (χ2v) is 6.45. The second-order valence-electron chi connectivity index (χ2n) is 4.73. The molecule has 1 aromatic carbocycles. The van der Waals surface area contributed by atoms with Crippen molar-refractivity contribution in [2.24, 2.45) is 5.92 Å². The summed E-state index contributed by atoms with van der Waals surface area (Å²) in [7, 11) is -3.63. The van der Waals surface area contributed by atoms with E-state index in [9.17, 15) is 13.2 Å². The van der Waals surface area contributed by atoms with Crippen LogP contribution in [0.15, 0.2) is 29.2 Å². The summed E-state index contributed by atoms with van der Waals surface area (Å²) in [5.41, 5.74) is 0. The van der Waals surface area contributed by atoms with E-state index in [0.29, 0.717) is 25.2 Å². The summed E-state index contributed by atoms with van der Waals surface area (Å²) < 4.78 is 32.1. The number of hydrogen-bond acceptors (Lipinski definition) is 4. The van der Waals surface area contributed by atoms with E-state index in [2.05, 4.69) is 4.72 Å². The molecule has 0 unspecified atom stereocenters. The van der Waals surface area contributed by atoms with Gasteiger partial charge in [-0.3, -0.25) is 4.79 Å². The molecule has 1 aliphatic carbocycles. The van der Waals surface area contributed by atoms with E-state index < -0.39 is 21.9 Å². The van der Waals surface area contributed by atoms with Crippen LogP contribution in [0.25, 0.3) is 0 Å². The molecule has 1 fully saturated rings. The lowest BCUT2D eigenvalue weighted by atomic mass is 9.81. The predicted molar refractivity (Wildman–Crippen MR) is 72.1 cm³/mol. The number of carbonyl (C=O) groups is 1. The highest BCUT2D eigenvalue weighted by Gasteiger charge is 2.36. The fraction of sp³-hybridized carbons (Fsp3) is 0.462. The molecule has 0 bridgehead atoms. The van der Waals surface area contributed by atoms with E-state index in [1.165, 1.54) is 12.1 Å². The Kier molecular flexibility index (Phi) is 4.29. The molecule has 6 nitrogen and oxygen atoms in total. The van der Waals surface area contributed by atoms with E-state index in [1.807, 2.05) is 6.92 Å². The van der Waals surface area contributed by atoms with Crippen LogP contribution in [0.3, 0.4) is 0 Å². The zero-order valence-corrected chi connectivity index (χ0v) is 11.9. The molecule has 0 aromatic heterocycles. The zero-order chi connectivity index (χ0) is 14.8. The molecule has 0 amide bonds. The van der Waals surface area contributed by atoms with Crippen molar-refractivity contribution in [1.82, 2.24) is 4.72 Å². The molecule has 2 N–H and O–H groups in total. The molecule has 110 valence electrons. The predicted octanol–water partition coefficient (Wildman–Crippen LogP) is 1.23. The average Bonchev–Trinajstić information content (AvgIpc) is 2.34. The standard InChI is InChI=1S/C13H17NO5S/c1-2-19-11-4-3-5-12(8-11)20(17,18)14-10-6-9(7-10)13(15)16/h3-5,8-10,14H,2,6-7H2,1H3,(H,15,16). The van der Waals surface area contributed by atoms with Crippen molar-refractivity contribution in [3.05, 3.63) is 24.3 Å². The SMILES string of the molecule is CCOc1cccc(S(=O)(=O)NC2CC(C(=O)O)C2)c1. The first-order chi connectivity index (χ1) is 9.42. The third-order valence-corrected chi connectivity index (χ3v) is 4.75. The molecule has 20 heavy (non-hydrogen) atoms. The Morgan fingerprint density at radius 1 is 1.45 bits per heavy atom. The van der Waals surface area contributed by atoms with Gasteiger partial charge in [-0.05, 0) is 31.9 Å². The van der Waals surface area contributed by atoms with Crippen molar-refractivity contribution in [2.45, 2.75) is 30.7 Å². The lowest BCUT2D eigenvalue weighted by molar-refractivity contribution is -0.145. The minimum Gasteiger partial charge on any atom is -0.494 e. The summed E-state index contributed by atoms with van der Waals surface area (Å²) in [6.07, 6.45) is 0.666. The Labute approximate surface area is 117 Å². The number of benzene rings is 1. The Bertz CT molecular complexity index is 593. The van der Waals surface area contributed by atoms with E-state index in [4.69, 9.17) is 9.84 Å². The molecule has 2 rings (SSSR count). The van der Waals surface area contributed by atoms with Gasteiger partial charge in [0.05, 0.1) is 17.4 Å². The summed E-state index contributed by atoms with van der Waals surface area (Å²) >= 11 is 0. The number of carboxylic acids is 1. The summed E-state index contributed by atoms with van der Waals surface area (Å²) in [5, 5.41) is 8.77. The number of rotatable bonds is 6. The van der Waals surface area contributed by atoms with Gasteiger partial charge in [0.2, 0.25) is 10.0 Å². The van der Waals surface area contributed by atoms with Gasteiger partial charge in [-0.2, -0.15) is 0 Å². The molecule has 0 heterocycles. The summed E-state index contributed by atoms with van der Waals surface area (Å²) in [6, 6.07) is 5.93. The van der Waals surface area contributed by atoms with E-state index in [1.54, 1.807) is 12.1 Å². The van der Waals surface area contributed by atoms with Crippen LogP contribution >= 0.6 is 0 Å². The minimum atomic E-state index is -3.63. The average molecular weight is 299 g/mol. The van der Waals surface area contributed by atoms with Crippen LogP contribution < -0.4 is 9.46 Å². The second kappa shape index (κ2) is 5.80. The highest BCUT2D eigenvalue weighted by Crippen LogP contribution is 2.29. The van der Waals surface area contributed by atoms with E-state index >= 15 is 0 Å². The third kappa shape index (κ3) is 3.29. The topological polar surface area (TPSA) is 92.7 Å². The lowest BCUT2D eigenvalue weighted by Gasteiger charge is -2.32. The Morgan fingerprint density at radius 2 is 2.15 bits per heavy atom. The summed E-state index contributed by atoms with van der Waals surface area (Å²) in [4.78, 5) is 10.8. The van der Waals surface area contributed by atoms with Crippen LogP contribution in [0.1, 0.15) is 19.8 Å². The fourth-order valence-electron chi connectivity index (χ4n) is 2.10. The fourth-order valence-corrected chi connectivity index (χ4v) is 3.40. The molecule has 0 spiro atoms. The van der Waals surface area contributed by atoms with Gasteiger partial charge in [0.1, 0.15) is 5.75 Å². The summed E-state index contributed by atoms with van der Waals surface area (Å²) in [5.74, 6) is -0.830. The number of nitrogens with one attached hydrogen (secondary N) is 1. The molecule has 1 aromatic rings. The Hall–Kier alpha value is -1.60. The Balaban J connectivity index is 2.04. The number of ether oxygens (including phenoxy) is 1. The quantitative estimate of drug-likeness (QED) is 0.824. The maximum atomic E-state index is 12.2. The van der Waals surface area contributed by atoms with Gasteiger partial charge in [-0.25, -0.2) is 13.1 Å². The monoisotopic (exact) mass is 299 g/mol. The van der Waals surface area contributed by atoms with Crippen LogP contribution in [-0.4, -0.2) is 32.1 Å². The van der Waals surface area contributed by atoms with Gasteiger partial charge < -0.3 is 9.84 Å². The normalized spacial score (nSPS) is 22.1. The van der Waals surface area contributed by atoms with E-state index in [0.717, 1.165) is 0 Å². The molecule has 0 saturated heterocycles. The molecular formula is C13H17NO5S. The first kappa shape index (κ1) is 14.8. The van der Waals surface area contributed by atoms with Crippen molar-refractivity contribution < 1.29 is 23.1 Å². The molecular weight excluding hydrogens is 282 g/mol. The van der Waals surface area contributed by atoms with Gasteiger partial charge >= 0.3 is 5.97 Å². The number of hydrogen-bond donors (Lipinski definition) is 2. The Morgan fingerprint density at radius 3 is 2.75 bits per heavy atom. The van der Waals surface area contributed by atoms with Gasteiger partial charge in [0, 0.05) is 12.1 Å². The van der Waals surface area contributed by atoms with Crippen LogP contribution in [0.4, 0.5) is 0 Å². The minimum absolute atomic E-state index is 0.127. The number of aliphatic carboxylic acids is 1. The van der Waals surface area contributed by atoms with Gasteiger partial charge in [0.25, 0.3) is 0 Å². The molecule has 0 aliphatic heterocycles. The number of carboxylic acid groups (broad SMARTS) is 1. The van der Waals surface area contributed by atoms with Crippen LogP contribution in [0.2, 0.25) is 0 Å². The molecule has 0 radical (unpaired) electrons. The molecule has 0 atom stereocenters. The van der Waals surface area contributed by atoms with E-state index in [-0.39, 0.29) is 10.9 Å². The number of sulfonamides is 1. The maximum Gasteiger partial charge on any atom is 0.306 e. The van der Waals surface area contributed by atoms with Crippen molar-refractivity contribution in [2.75, 3.05) is 6.61 Å². The molecule has 7 heteroatoms. The van der Waals surface area contributed by atoms with Crippen LogP contribution in [-0.2, 0) is 14.8 Å². The van der Waals surface area contributed by atoms with Crippen molar-refractivity contribution >= 4 is 16.0 Å². The van der Waals surface area contributed by atoms with Crippen molar-refractivity contribution in [3.8, 4) is 5.75 Å². The van der Waals surface area contributed by atoms with Crippen molar-refractivity contribution in [3.63, 3.8) is 0 Å². The zero-order valence-electron chi connectivity index (χ0n) is 11.1. The van der Waals surface area contributed by atoms with Gasteiger partial charge in [-0.1, -0.05) is 6.07 Å². The molecule has 1 saturated carbocycles. The largest absolute Gasteiger partial charge is 0.494 e. The highest BCUT2D eigenvalue weighted by molar-refractivity contribution is 7.89. The van der Waals surface area contributed by atoms with Crippen LogP contribution in [0.5, 0.6) is 5.75 Å². The molecule has 1 aliphatic rings. The summed E-state index contributed by atoms with van der Waals surface area (Å²) in [6.45, 7) is 2.28.